The molecule has 0 saturated carbocycles. The topological polar surface area (TPSA) is 33.1 Å². The molecule has 0 aliphatic rings. The molecule has 114 valence electrons. The molecule has 0 aliphatic carbocycles. The van der Waals surface area contributed by atoms with Crippen LogP contribution in [0.25, 0.3) is 0 Å². The standard InChI is InChI=1S/C17H26N4/c1-4-20(5-2)9-10-21-14-17(13-19-21)18-12-16-8-6-7-15(3)11-16/h6-8,11,13-14,18H,4-5,9-10,12H2,1-3H3. The largest absolute Gasteiger partial charge is 0.378 e. The van der Waals surface area contributed by atoms with E-state index in [0.29, 0.717) is 0 Å². The van der Waals surface area contributed by atoms with Crippen molar-refractivity contribution in [3.8, 4) is 0 Å². The lowest BCUT2D eigenvalue weighted by Crippen LogP contribution is -2.27. The molecule has 0 amide bonds. The third-order valence-corrected chi connectivity index (χ3v) is 3.75. The first-order valence-corrected chi connectivity index (χ1v) is 7.75. The van der Waals surface area contributed by atoms with Gasteiger partial charge in [0.2, 0.25) is 0 Å². The summed E-state index contributed by atoms with van der Waals surface area (Å²) in [7, 11) is 0. The second-order valence-corrected chi connectivity index (χ2v) is 5.36. The molecule has 0 atom stereocenters. The van der Waals surface area contributed by atoms with Crippen LogP contribution in [-0.2, 0) is 13.1 Å². The van der Waals surface area contributed by atoms with Crippen LogP contribution >= 0.6 is 0 Å². The maximum absolute atomic E-state index is 4.41. The maximum Gasteiger partial charge on any atom is 0.0729 e. The van der Waals surface area contributed by atoms with Crippen LogP contribution in [0.4, 0.5) is 5.69 Å². The summed E-state index contributed by atoms with van der Waals surface area (Å²) in [5, 5.41) is 7.84. The average molecular weight is 286 g/mol. The summed E-state index contributed by atoms with van der Waals surface area (Å²) in [4.78, 5) is 2.40. The van der Waals surface area contributed by atoms with Gasteiger partial charge in [0.05, 0.1) is 18.4 Å². The molecular formula is C17H26N4. The second-order valence-electron chi connectivity index (χ2n) is 5.36. The number of aryl methyl sites for hydroxylation is 1. The number of rotatable bonds is 8. The van der Waals surface area contributed by atoms with Gasteiger partial charge in [0.1, 0.15) is 0 Å². The number of benzene rings is 1. The Hall–Kier alpha value is -1.81. The molecule has 0 fully saturated rings. The monoisotopic (exact) mass is 286 g/mol. The molecule has 4 nitrogen and oxygen atoms in total. The van der Waals surface area contributed by atoms with Crippen LogP contribution in [0.15, 0.2) is 36.7 Å². The Kier molecular flexibility index (Phi) is 5.81. The average Bonchev–Trinajstić information content (AvgIpc) is 2.94. The van der Waals surface area contributed by atoms with Gasteiger partial charge in [-0.25, -0.2) is 0 Å². The number of likely N-dealkylation sites (N-methyl/N-ethyl adjacent to an activating group) is 1. The van der Waals surface area contributed by atoms with Crippen LogP contribution in [-0.4, -0.2) is 34.3 Å². The van der Waals surface area contributed by atoms with Crippen LogP contribution in [0.1, 0.15) is 25.0 Å². The van der Waals surface area contributed by atoms with Crippen LogP contribution in [0.3, 0.4) is 0 Å². The molecular weight excluding hydrogens is 260 g/mol. The fraction of sp³-hybridized carbons (Fsp3) is 0.471. The van der Waals surface area contributed by atoms with Gasteiger partial charge in [-0.1, -0.05) is 43.7 Å². The highest BCUT2D eigenvalue weighted by atomic mass is 15.3. The van der Waals surface area contributed by atoms with Crippen molar-refractivity contribution in [1.82, 2.24) is 14.7 Å². The van der Waals surface area contributed by atoms with Gasteiger partial charge >= 0.3 is 0 Å². The van der Waals surface area contributed by atoms with Gasteiger partial charge < -0.3 is 10.2 Å². The molecule has 1 N–H and O–H groups in total. The summed E-state index contributed by atoms with van der Waals surface area (Å²) in [6.07, 6.45) is 3.98. The molecule has 0 spiro atoms. The Balaban J connectivity index is 1.83. The smallest absolute Gasteiger partial charge is 0.0729 e. The molecule has 21 heavy (non-hydrogen) atoms. The Morgan fingerprint density at radius 2 is 2.05 bits per heavy atom. The van der Waals surface area contributed by atoms with E-state index in [2.05, 4.69) is 66.5 Å². The van der Waals surface area contributed by atoms with E-state index in [4.69, 9.17) is 0 Å². The van der Waals surface area contributed by atoms with Crippen molar-refractivity contribution in [2.45, 2.75) is 33.9 Å². The predicted octanol–water partition coefficient (Wildman–Crippen LogP) is 3.15. The van der Waals surface area contributed by atoms with E-state index in [0.717, 1.165) is 38.4 Å². The zero-order valence-corrected chi connectivity index (χ0v) is 13.3. The molecule has 4 heteroatoms. The van der Waals surface area contributed by atoms with Crippen molar-refractivity contribution in [2.75, 3.05) is 25.0 Å². The van der Waals surface area contributed by atoms with Gasteiger partial charge in [0.25, 0.3) is 0 Å². The van der Waals surface area contributed by atoms with Crippen molar-refractivity contribution in [2.24, 2.45) is 0 Å². The van der Waals surface area contributed by atoms with E-state index in [1.165, 1.54) is 11.1 Å². The van der Waals surface area contributed by atoms with E-state index in [9.17, 15) is 0 Å². The quantitative estimate of drug-likeness (QED) is 0.809. The van der Waals surface area contributed by atoms with Crippen LogP contribution in [0.5, 0.6) is 0 Å². The molecule has 1 heterocycles. The van der Waals surface area contributed by atoms with Gasteiger partial charge in [-0.15, -0.1) is 0 Å². The van der Waals surface area contributed by atoms with Crippen molar-refractivity contribution in [3.05, 3.63) is 47.8 Å². The fourth-order valence-electron chi connectivity index (χ4n) is 2.39. The van der Waals surface area contributed by atoms with Crippen LogP contribution in [0.2, 0.25) is 0 Å². The number of hydrogen-bond acceptors (Lipinski definition) is 3. The Morgan fingerprint density at radius 1 is 1.24 bits per heavy atom. The molecule has 2 rings (SSSR count). The van der Waals surface area contributed by atoms with Crippen LogP contribution < -0.4 is 5.32 Å². The lowest BCUT2D eigenvalue weighted by Gasteiger charge is -2.17. The lowest BCUT2D eigenvalue weighted by molar-refractivity contribution is 0.285. The van der Waals surface area contributed by atoms with E-state index >= 15 is 0 Å². The molecule has 2 aromatic rings. The van der Waals surface area contributed by atoms with E-state index in [-0.39, 0.29) is 0 Å². The lowest BCUT2D eigenvalue weighted by atomic mass is 10.1. The van der Waals surface area contributed by atoms with E-state index in [1.54, 1.807) is 0 Å². The Labute approximate surface area is 127 Å². The van der Waals surface area contributed by atoms with E-state index in [1.807, 2.05) is 10.9 Å². The van der Waals surface area contributed by atoms with Crippen molar-refractivity contribution in [1.29, 1.82) is 0 Å². The third-order valence-electron chi connectivity index (χ3n) is 3.75. The molecule has 0 aliphatic heterocycles. The molecule has 0 radical (unpaired) electrons. The Morgan fingerprint density at radius 3 is 2.76 bits per heavy atom. The van der Waals surface area contributed by atoms with Gasteiger partial charge in [-0.2, -0.15) is 5.10 Å². The first kappa shape index (κ1) is 15.6. The van der Waals surface area contributed by atoms with Crippen molar-refractivity contribution < 1.29 is 0 Å². The summed E-state index contributed by atoms with van der Waals surface area (Å²) >= 11 is 0. The summed E-state index contributed by atoms with van der Waals surface area (Å²) in [5.41, 5.74) is 3.67. The molecule has 0 unspecified atom stereocenters. The zero-order chi connectivity index (χ0) is 15.1. The minimum absolute atomic E-state index is 0.837. The predicted molar refractivity (Wildman–Crippen MR) is 88.5 cm³/mol. The first-order chi connectivity index (χ1) is 10.2. The minimum atomic E-state index is 0.837. The number of aromatic nitrogens is 2. The minimum Gasteiger partial charge on any atom is -0.378 e. The maximum atomic E-state index is 4.41. The summed E-state index contributed by atoms with van der Waals surface area (Å²) in [6, 6.07) is 8.57. The molecule has 1 aromatic carbocycles. The number of nitrogens with zero attached hydrogens (tertiary/aromatic N) is 3. The molecule has 0 bridgehead atoms. The normalized spacial score (nSPS) is 11.0. The van der Waals surface area contributed by atoms with Crippen molar-refractivity contribution >= 4 is 5.69 Å². The van der Waals surface area contributed by atoms with Gasteiger partial charge in [-0.3, -0.25) is 4.68 Å². The summed E-state index contributed by atoms with van der Waals surface area (Å²) in [5.74, 6) is 0. The fourth-order valence-corrected chi connectivity index (χ4v) is 2.39. The number of anilines is 1. The summed E-state index contributed by atoms with van der Waals surface area (Å²) in [6.45, 7) is 11.5. The number of nitrogens with one attached hydrogen (secondary N) is 1. The van der Waals surface area contributed by atoms with Gasteiger partial charge in [0.15, 0.2) is 0 Å². The highest BCUT2D eigenvalue weighted by molar-refractivity contribution is 5.39. The van der Waals surface area contributed by atoms with Crippen molar-refractivity contribution in [3.63, 3.8) is 0 Å². The second kappa shape index (κ2) is 7.84. The third kappa shape index (κ3) is 4.90. The van der Waals surface area contributed by atoms with Crippen LogP contribution in [0, 0.1) is 6.92 Å². The number of hydrogen-bond donors (Lipinski definition) is 1. The summed E-state index contributed by atoms with van der Waals surface area (Å²) < 4.78 is 2.01. The highest BCUT2D eigenvalue weighted by Crippen LogP contribution is 2.09. The highest BCUT2D eigenvalue weighted by Gasteiger charge is 2.02. The van der Waals surface area contributed by atoms with Gasteiger partial charge in [0, 0.05) is 19.3 Å². The SMILES string of the molecule is CCN(CC)CCn1cc(NCc2cccc(C)c2)cn1. The van der Waals surface area contributed by atoms with Gasteiger partial charge in [-0.05, 0) is 25.6 Å². The zero-order valence-electron chi connectivity index (χ0n) is 13.3. The first-order valence-electron chi connectivity index (χ1n) is 7.75. The Bertz CT molecular complexity index is 543. The van der Waals surface area contributed by atoms with E-state index < -0.39 is 0 Å². The molecule has 0 saturated heterocycles. The molecule has 1 aromatic heterocycles.